The van der Waals surface area contributed by atoms with E-state index in [0.29, 0.717) is 24.6 Å². The lowest BCUT2D eigenvalue weighted by Crippen LogP contribution is -2.29. The Hall–Kier alpha value is -2.04. The highest BCUT2D eigenvalue weighted by atomic mass is 16.5. The van der Waals surface area contributed by atoms with Gasteiger partial charge in [-0.1, -0.05) is 18.6 Å². The molecule has 2 N–H and O–H groups in total. The first-order chi connectivity index (χ1) is 10.1. The number of aliphatic carboxylic acids is 1. The normalized spacial score (nSPS) is 14.3. The van der Waals surface area contributed by atoms with Crippen LogP contribution < -0.4 is 10.1 Å². The highest BCUT2D eigenvalue weighted by molar-refractivity contribution is 5.76. The Kier molecular flexibility index (Phi) is 5.60. The molecule has 0 bridgehead atoms. The minimum atomic E-state index is -0.992. The second-order valence-corrected chi connectivity index (χ2v) is 5.43. The molecule has 0 spiro atoms. The van der Waals surface area contributed by atoms with E-state index in [9.17, 15) is 9.59 Å². The van der Waals surface area contributed by atoms with Gasteiger partial charge in [-0.05, 0) is 42.9 Å². The average molecular weight is 291 g/mol. The molecule has 0 radical (unpaired) electrons. The van der Waals surface area contributed by atoms with Gasteiger partial charge in [0.05, 0.1) is 0 Å². The molecule has 0 aromatic heterocycles. The molecule has 0 atom stereocenters. The number of benzene rings is 1. The van der Waals surface area contributed by atoms with Gasteiger partial charge in [-0.25, -0.2) is 4.79 Å². The molecular formula is C16H21NO4. The van der Waals surface area contributed by atoms with E-state index in [-0.39, 0.29) is 12.5 Å². The number of hydrogen-bond donors (Lipinski definition) is 2. The van der Waals surface area contributed by atoms with Crippen molar-refractivity contribution in [2.24, 2.45) is 5.92 Å². The summed E-state index contributed by atoms with van der Waals surface area (Å²) in [6.45, 7) is 0.289. The molecule has 1 amide bonds. The van der Waals surface area contributed by atoms with E-state index in [1.165, 1.54) is 19.3 Å². The number of carbonyl (C=O) groups excluding carboxylic acids is 1. The Morgan fingerprint density at radius 2 is 1.95 bits per heavy atom. The van der Waals surface area contributed by atoms with Crippen LogP contribution in [0.4, 0.5) is 0 Å². The summed E-state index contributed by atoms with van der Waals surface area (Å²) >= 11 is 0. The zero-order valence-electron chi connectivity index (χ0n) is 12.0. The maximum absolute atomic E-state index is 11.7. The topological polar surface area (TPSA) is 75.6 Å². The summed E-state index contributed by atoms with van der Waals surface area (Å²) in [6, 6.07) is 7.26. The van der Waals surface area contributed by atoms with E-state index in [1.54, 1.807) is 12.1 Å². The summed E-state index contributed by atoms with van der Waals surface area (Å²) < 4.78 is 5.06. The van der Waals surface area contributed by atoms with Gasteiger partial charge in [-0.15, -0.1) is 0 Å². The first-order valence-electron chi connectivity index (χ1n) is 7.33. The number of carbonyl (C=O) groups is 2. The van der Waals surface area contributed by atoms with Gasteiger partial charge in [0.2, 0.25) is 5.91 Å². The van der Waals surface area contributed by atoms with Crippen molar-refractivity contribution in [3.05, 3.63) is 29.8 Å². The fourth-order valence-electron chi connectivity index (χ4n) is 2.27. The third kappa shape index (κ3) is 5.45. The molecule has 1 aromatic carbocycles. The first-order valence-corrected chi connectivity index (χ1v) is 7.33. The monoisotopic (exact) mass is 291 g/mol. The van der Waals surface area contributed by atoms with Crippen molar-refractivity contribution in [1.82, 2.24) is 5.32 Å². The van der Waals surface area contributed by atoms with Gasteiger partial charge in [-0.3, -0.25) is 4.79 Å². The predicted molar refractivity (Wildman–Crippen MR) is 78.2 cm³/mol. The molecule has 1 aliphatic carbocycles. The number of hydrogen-bond acceptors (Lipinski definition) is 3. The van der Waals surface area contributed by atoms with Crippen LogP contribution in [0.5, 0.6) is 5.75 Å². The Morgan fingerprint density at radius 3 is 2.52 bits per heavy atom. The smallest absolute Gasteiger partial charge is 0.341 e. The van der Waals surface area contributed by atoms with Crippen molar-refractivity contribution >= 4 is 11.9 Å². The second-order valence-electron chi connectivity index (χ2n) is 5.43. The molecule has 0 heterocycles. The lowest BCUT2D eigenvalue weighted by molar-refractivity contribution is -0.139. The predicted octanol–water partition coefficient (Wildman–Crippen LogP) is 2.00. The summed E-state index contributed by atoms with van der Waals surface area (Å²) in [7, 11) is 0. The molecule has 1 aromatic rings. The van der Waals surface area contributed by atoms with Gasteiger partial charge in [0.15, 0.2) is 6.61 Å². The van der Waals surface area contributed by atoms with Gasteiger partial charge < -0.3 is 15.2 Å². The molecule has 1 aliphatic rings. The van der Waals surface area contributed by atoms with Crippen molar-refractivity contribution in [3.63, 3.8) is 0 Å². The lowest BCUT2D eigenvalue weighted by atomic mass is 9.83. The molecule has 5 nitrogen and oxygen atoms in total. The standard InChI is InChI=1S/C16H21NO4/c18-15(10-13-2-1-3-13)17-9-8-12-4-6-14(7-5-12)21-11-16(19)20/h4-7,13H,1-3,8-11H2,(H,17,18)(H,19,20). The van der Waals surface area contributed by atoms with Crippen molar-refractivity contribution in [2.75, 3.05) is 13.2 Å². The van der Waals surface area contributed by atoms with E-state index in [1.807, 2.05) is 12.1 Å². The van der Waals surface area contributed by atoms with Crippen molar-refractivity contribution in [1.29, 1.82) is 0 Å². The number of amides is 1. The van der Waals surface area contributed by atoms with Crippen molar-refractivity contribution in [3.8, 4) is 5.75 Å². The van der Waals surface area contributed by atoms with Crippen LogP contribution in [0.25, 0.3) is 0 Å². The van der Waals surface area contributed by atoms with E-state index in [2.05, 4.69) is 5.32 Å². The van der Waals surface area contributed by atoms with Gasteiger partial charge in [0.25, 0.3) is 0 Å². The SMILES string of the molecule is O=C(O)COc1ccc(CCNC(=O)CC2CCC2)cc1. The molecule has 1 fully saturated rings. The van der Waals surface area contributed by atoms with Gasteiger partial charge >= 0.3 is 5.97 Å². The Labute approximate surface area is 124 Å². The number of nitrogens with one attached hydrogen (secondary N) is 1. The highest BCUT2D eigenvalue weighted by Crippen LogP contribution is 2.29. The van der Waals surface area contributed by atoms with Crippen LogP contribution in [0.2, 0.25) is 0 Å². The van der Waals surface area contributed by atoms with Crippen molar-refractivity contribution in [2.45, 2.75) is 32.1 Å². The summed E-state index contributed by atoms with van der Waals surface area (Å²) in [5, 5.41) is 11.5. The number of rotatable bonds is 8. The first kappa shape index (κ1) is 15.4. The van der Waals surface area contributed by atoms with Crippen LogP contribution in [0.1, 0.15) is 31.2 Å². The minimum Gasteiger partial charge on any atom is -0.482 e. The summed E-state index contributed by atoms with van der Waals surface area (Å²) in [5.74, 6) is 0.278. The number of carboxylic acids is 1. The van der Waals surface area contributed by atoms with E-state index in [0.717, 1.165) is 12.0 Å². The number of carboxylic acid groups (broad SMARTS) is 1. The van der Waals surface area contributed by atoms with Crippen LogP contribution in [-0.2, 0) is 16.0 Å². The molecule has 1 saturated carbocycles. The van der Waals surface area contributed by atoms with E-state index >= 15 is 0 Å². The van der Waals surface area contributed by atoms with Crippen LogP contribution >= 0.6 is 0 Å². The zero-order chi connectivity index (χ0) is 15.1. The quantitative estimate of drug-likeness (QED) is 0.768. The molecular weight excluding hydrogens is 270 g/mol. The molecule has 0 unspecified atom stereocenters. The summed E-state index contributed by atoms with van der Waals surface area (Å²) in [4.78, 5) is 22.0. The molecule has 0 saturated heterocycles. The van der Waals surface area contributed by atoms with Gasteiger partial charge in [0, 0.05) is 13.0 Å². The molecule has 0 aliphatic heterocycles. The highest BCUT2D eigenvalue weighted by Gasteiger charge is 2.20. The Balaban J connectivity index is 1.65. The van der Waals surface area contributed by atoms with Gasteiger partial charge in [0.1, 0.15) is 5.75 Å². The fraction of sp³-hybridized carbons (Fsp3) is 0.500. The number of ether oxygens (including phenoxy) is 1. The third-order valence-corrected chi connectivity index (χ3v) is 3.72. The largest absolute Gasteiger partial charge is 0.482 e. The second kappa shape index (κ2) is 7.67. The van der Waals surface area contributed by atoms with Crippen LogP contribution in [0, 0.1) is 5.92 Å². The minimum absolute atomic E-state index is 0.140. The van der Waals surface area contributed by atoms with Crippen LogP contribution in [0.3, 0.4) is 0 Å². The van der Waals surface area contributed by atoms with Crippen molar-refractivity contribution < 1.29 is 19.4 Å². The Morgan fingerprint density at radius 1 is 1.24 bits per heavy atom. The molecule has 5 heteroatoms. The van der Waals surface area contributed by atoms with Crippen LogP contribution in [0.15, 0.2) is 24.3 Å². The van der Waals surface area contributed by atoms with E-state index in [4.69, 9.17) is 9.84 Å². The molecule has 2 rings (SSSR count). The van der Waals surface area contributed by atoms with Crippen LogP contribution in [-0.4, -0.2) is 30.1 Å². The molecule has 114 valence electrons. The zero-order valence-corrected chi connectivity index (χ0v) is 12.0. The third-order valence-electron chi connectivity index (χ3n) is 3.72. The molecule has 21 heavy (non-hydrogen) atoms. The fourth-order valence-corrected chi connectivity index (χ4v) is 2.27. The summed E-state index contributed by atoms with van der Waals surface area (Å²) in [5.41, 5.74) is 1.08. The average Bonchev–Trinajstić information content (AvgIpc) is 2.42. The van der Waals surface area contributed by atoms with E-state index < -0.39 is 5.97 Å². The van der Waals surface area contributed by atoms with Gasteiger partial charge in [-0.2, -0.15) is 0 Å². The maximum Gasteiger partial charge on any atom is 0.341 e. The maximum atomic E-state index is 11.7. The summed E-state index contributed by atoms with van der Waals surface area (Å²) in [6.07, 6.45) is 5.04. The Bertz CT molecular complexity index is 480. The lowest BCUT2D eigenvalue weighted by Gasteiger charge is -2.24.